The van der Waals surface area contributed by atoms with Gasteiger partial charge >= 0.3 is 0 Å². The van der Waals surface area contributed by atoms with E-state index in [1.807, 2.05) is 13.8 Å². The number of benzene rings is 1. The van der Waals surface area contributed by atoms with Crippen molar-refractivity contribution < 1.29 is 23.9 Å². The first-order chi connectivity index (χ1) is 12.0. The molecule has 0 aliphatic carbocycles. The molecular weight excluding hydrogens is 324 g/mol. The highest BCUT2D eigenvalue weighted by molar-refractivity contribution is 5.94. The van der Waals surface area contributed by atoms with Crippen molar-refractivity contribution in [1.82, 2.24) is 10.8 Å². The molecule has 0 aromatic heterocycles. The molecule has 1 rings (SSSR count). The minimum Gasteiger partial charge on any atom is -0.493 e. The van der Waals surface area contributed by atoms with Crippen molar-refractivity contribution in [2.45, 2.75) is 46.1 Å². The molecule has 0 fully saturated rings. The van der Waals surface area contributed by atoms with Crippen LogP contribution in [0.15, 0.2) is 18.2 Å². The summed E-state index contributed by atoms with van der Waals surface area (Å²) in [4.78, 5) is 28.6. The van der Waals surface area contributed by atoms with Crippen LogP contribution in [0.3, 0.4) is 0 Å². The minimum absolute atomic E-state index is 0.0660. The zero-order valence-electron chi connectivity index (χ0n) is 15.4. The average molecular weight is 352 g/mol. The zero-order chi connectivity index (χ0) is 18.7. The van der Waals surface area contributed by atoms with Gasteiger partial charge in [0.25, 0.3) is 5.91 Å². The Morgan fingerprint density at radius 2 is 1.96 bits per heavy atom. The van der Waals surface area contributed by atoms with E-state index in [-0.39, 0.29) is 18.6 Å². The van der Waals surface area contributed by atoms with Crippen LogP contribution in [0.5, 0.6) is 11.5 Å². The second kappa shape index (κ2) is 11.3. The summed E-state index contributed by atoms with van der Waals surface area (Å²) in [5.74, 6) is 0.307. The van der Waals surface area contributed by atoms with Gasteiger partial charge in [0.1, 0.15) is 0 Å². The predicted octanol–water partition coefficient (Wildman–Crippen LogP) is 2.45. The molecule has 2 amide bonds. The summed E-state index contributed by atoms with van der Waals surface area (Å²) in [6, 6.07) is 4.93. The van der Waals surface area contributed by atoms with Gasteiger partial charge in [0, 0.05) is 11.6 Å². The van der Waals surface area contributed by atoms with E-state index in [1.54, 1.807) is 18.2 Å². The Bertz CT molecular complexity index is 562. The molecule has 7 nitrogen and oxygen atoms in total. The van der Waals surface area contributed by atoms with Crippen molar-refractivity contribution in [1.29, 1.82) is 0 Å². The maximum Gasteiger partial charge on any atom is 0.274 e. The van der Waals surface area contributed by atoms with Gasteiger partial charge in [-0.2, -0.15) is 0 Å². The number of methoxy groups -OCH3 is 1. The van der Waals surface area contributed by atoms with Crippen LogP contribution in [0.25, 0.3) is 0 Å². The summed E-state index contributed by atoms with van der Waals surface area (Å²) in [6.07, 6.45) is 2.80. The maximum atomic E-state index is 12.1. The lowest BCUT2D eigenvalue weighted by atomic mass is 10.2. The third kappa shape index (κ3) is 7.43. The number of rotatable bonds is 11. The molecule has 0 saturated carbocycles. The van der Waals surface area contributed by atoms with Gasteiger partial charge in [-0.15, -0.1) is 0 Å². The zero-order valence-corrected chi connectivity index (χ0v) is 15.4. The molecule has 0 radical (unpaired) electrons. The van der Waals surface area contributed by atoms with Crippen molar-refractivity contribution >= 4 is 11.8 Å². The van der Waals surface area contributed by atoms with E-state index in [4.69, 9.17) is 14.3 Å². The topological polar surface area (TPSA) is 85.9 Å². The molecule has 0 saturated heterocycles. The van der Waals surface area contributed by atoms with Gasteiger partial charge in [-0.3, -0.25) is 14.4 Å². The molecule has 1 aromatic carbocycles. The van der Waals surface area contributed by atoms with Crippen LogP contribution in [0.1, 0.15) is 50.4 Å². The summed E-state index contributed by atoms with van der Waals surface area (Å²) in [5, 5.41) is 2.74. The van der Waals surface area contributed by atoms with E-state index in [2.05, 4.69) is 17.7 Å². The van der Waals surface area contributed by atoms with Crippen molar-refractivity contribution in [3.63, 3.8) is 0 Å². The van der Waals surface area contributed by atoms with E-state index in [1.165, 1.54) is 7.11 Å². The molecule has 0 spiro atoms. The van der Waals surface area contributed by atoms with Crippen LogP contribution in [0.4, 0.5) is 0 Å². The number of ether oxygens (including phenoxy) is 2. The normalized spacial score (nSPS) is 11.5. The molecule has 25 heavy (non-hydrogen) atoms. The smallest absolute Gasteiger partial charge is 0.274 e. The summed E-state index contributed by atoms with van der Waals surface area (Å²) in [7, 11) is 1.51. The van der Waals surface area contributed by atoms with Gasteiger partial charge < -0.3 is 14.8 Å². The fraction of sp³-hybridized carbons (Fsp3) is 0.556. The predicted molar refractivity (Wildman–Crippen MR) is 94.7 cm³/mol. The fourth-order valence-corrected chi connectivity index (χ4v) is 1.90. The van der Waals surface area contributed by atoms with Gasteiger partial charge in [-0.05, 0) is 38.0 Å². The van der Waals surface area contributed by atoms with Gasteiger partial charge in [-0.1, -0.05) is 20.3 Å². The number of carbonyl (C=O) groups is 2. The highest BCUT2D eigenvalue weighted by Crippen LogP contribution is 2.28. The molecule has 0 aliphatic heterocycles. The summed E-state index contributed by atoms with van der Waals surface area (Å²) >= 11 is 0. The Balaban J connectivity index is 2.53. The number of hydroxylamine groups is 1. The molecule has 0 aliphatic rings. The van der Waals surface area contributed by atoms with Crippen LogP contribution in [-0.4, -0.2) is 38.2 Å². The van der Waals surface area contributed by atoms with E-state index in [0.29, 0.717) is 23.7 Å². The van der Waals surface area contributed by atoms with Gasteiger partial charge in [0.05, 0.1) is 13.7 Å². The number of unbranched alkanes of at least 4 members (excludes halogenated alkanes) is 1. The molecule has 0 bridgehead atoms. The first-order valence-electron chi connectivity index (χ1n) is 8.54. The van der Waals surface area contributed by atoms with Crippen LogP contribution in [0, 0.1) is 0 Å². The first kappa shape index (κ1) is 20.8. The van der Waals surface area contributed by atoms with Crippen molar-refractivity contribution in [2.24, 2.45) is 0 Å². The Morgan fingerprint density at radius 1 is 1.20 bits per heavy atom. The average Bonchev–Trinajstić information content (AvgIpc) is 2.61. The second-order valence-corrected chi connectivity index (χ2v) is 5.66. The third-order valence-corrected chi connectivity index (χ3v) is 3.57. The lowest BCUT2D eigenvalue weighted by Gasteiger charge is -2.13. The van der Waals surface area contributed by atoms with E-state index < -0.39 is 5.91 Å². The molecule has 0 heterocycles. The number of hydrogen-bond donors (Lipinski definition) is 2. The van der Waals surface area contributed by atoms with Crippen molar-refractivity contribution in [3.05, 3.63) is 23.8 Å². The van der Waals surface area contributed by atoms with Crippen LogP contribution in [0.2, 0.25) is 0 Å². The Hall–Kier alpha value is -2.28. The number of amides is 2. The number of hydrogen-bond acceptors (Lipinski definition) is 5. The van der Waals surface area contributed by atoms with E-state index in [9.17, 15) is 9.59 Å². The monoisotopic (exact) mass is 352 g/mol. The molecule has 1 aromatic rings. The van der Waals surface area contributed by atoms with Crippen LogP contribution < -0.4 is 20.3 Å². The standard InChI is InChI=1S/C18H28N2O5/c1-5-7-10-24-15-9-8-14(11-16(15)23-4)18(22)20-25-12-17(21)19-13(3)6-2/h8-9,11,13H,5-7,10,12H2,1-4H3,(H,19,21)(H,20,22). The summed E-state index contributed by atoms with van der Waals surface area (Å²) < 4.78 is 10.9. The second-order valence-electron chi connectivity index (χ2n) is 5.66. The lowest BCUT2D eigenvalue weighted by molar-refractivity contribution is -0.128. The highest BCUT2D eigenvalue weighted by Gasteiger charge is 2.12. The molecule has 1 unspecified atom stereocenters. The van der Waals surface area contributed by atoms with Crippen LogP contribution in [-0.2, 0) is 9.63 Å². The van der Waals surface area contributed by atoms with E-state index >= 15 is 0 Å². The molecule has 7 heteroatoms. The minimum atomic E-state index is -0.463. The lowest BCUT2D eigenvalue weighted by Crippen LogP contribution is -2.37. The largest absolute Gasteiger partial charge is 0.493 e. The molecular formula is C18H28N2O5. The maximum absolute atomic E-state index is 12.1. The number of nitrogens with one attached hydrogen (secondary N) is 2. The highest BCUT2D eigenvalue weighted by atomic mass is 16.7. The van der Waals surface area contributed by atoms with Crippen LogP contribution >= 0.6 is 0 Å². The fourth-order valence-electron chi connectivity index (χ4n) is 1.90. The van der Waals surface area contributed by atoms with Gasteiger partial charge in [0.15, 0.2) is 18.1 Å². The quantitative estimate of drug-likeness (QED) is 0.472. The summed E-state index contributed by atoms with van der Waals surface area (Å²) in [6.45, 7) is 6.29. The van der Waals surface area contributed by atoms with Gasteiger partial charge in [-0.25, -0.2) is 5.48 Å². The molecule has 140 valence electrons. The van der Waals surface area contributed by atoms with Crippen molar-refractivity contribution in [2.75, 3.05) is 20.3 Å². The number of carbonyl (C=O) groups excluding carboxylic acids is 2. The van der Waals surface area contributed by atoms with E-state index in [0.717, 1.165) is 19.3 Å². The summed E-state index contributed by atoms with van der Waals surface area (Å²) in [5.41, 5.74) is 2.60. The molecule has 1 atom stereocenters. The Kier molecular flexibility index (Phi) is 9.39. The van der Waals surface area contributed by atoms with Crippen molar-refractivity contribution in [3.8, 4) is 11.5 Å². The first-order valence-corrected chi connectivity index (χ1v) is 8.54. The van der Waals surface area contributed by atoms with Gasteiger partial charge in [0.2, 0.25) is 5.91 Å². The SMILES string of the molecule is CCCCOc1ccc(C(=O)NOCC(=O)NC(C)CC)cc1OC. The Morgan fingerprint density at radius 3 is 2.60 bits per heavy atom. The Labute approximate surface area is 149 Å². The molecule has 2 N–H and O–H groups in total. The third-order valence-electron chi connectivity index (χ3n) is 3.57.